The number of H-pyrrole nitrogens is 1. The molecule has 142 valence electrons. The number of primary amides is 1. The van der Waals surface area contributed by atoms with E-state index in [1.165, 1.54) is 19.9 Å². The van der Waals surface area contributed by atoms with Crippen molar-refractivity contribution in [1.82, 2.24) is 19.9 Å². The minimum absolute atomic E-state index is 0.106. The van der Waals surface area contributed by atoms with Gasteiger partial charge in [0.1, 0.15) is 29.4 Å². The summed E-state index contributed by atoms with van der Waals surface area (Å²) in [7, 11) is 0. The van der Waals surface area contributed by atoms with E-state index < -0.39 is 11.6 Å². The number of nitriles is 1. The quantitative estimate of drug-likeness (QED) is 0.499. The van der Waals surface area contributed by atoms with Crippen molar-refractivity contribution in [3.63, 3.8) is 0 Å². The van der Waals surface area contributed by atoms with Crippen molar-refractivity contribution in [2.75, 3.05) is 6.61 Å². The van der Waals surface area contributed by atoms with Crippen molar-refractivity contribution >= 4 is 23.1 Å². The Kier molecular flexibility index (Phi) is 5.04. The Hall–Kier alpha value is -3.80. The maximum absolute atomic E-state index is 13.5. The topological polar surface area (TPSA) is 131 Å². The molecular formula is C19H17FN6O2. The summed E-state index contributed by atoms with van der Waals surface area (Å²) in [4.78, 5) is 27.2. The van der Waals surface area contributed by atoms with Crippen molar-refractivity contribution in [3.05, 3.63) is 41.9 Å². The highest BCUT2D eigenvalue weighted by molar-refractivity contribution is 6.02. The Balaban J connectivity index is 1.91. The number of pyridine rings is 1. The minimum atomic E-state index is -1.46. The molecule has 8 nitrogen and oxygen atoms in total. The molecule has 0 aliphatic carbocycles. The lowest BCUT2D eigenvalue weighted by molar-refractivity contribution is -0.114. The minimum Gasteiger partial charge on any atom is -0.474 e. The van der Waals surface area contributed by atoms with Gasteiger partial charge in [-0.1, -0.05) is 0 Å². The van der Waals surface area contributed by atoms with Gasteiger partial charge in [0.15, 0.2) is 5.65 Å². The number of ether oxygens (including phenoxy) is 1. The summed E-state index contributed by atoms with van der Waals surface area (Å²) >= 11 is 0. The third kappa shape index (κ3) is 4.29. The van der Waals surface area contributed by atoms with E-state index in [1.807, 2.05) is 0 Å². The van der Waals surface area contributed by atoms with E-state index >= 15 is 0 Å². The molecule has 0 aliphatic heterocycles. The second-order valence-electron chi connectivity index (χ2n) is 6.62. The number of alkyl halides is 1. The average Bonchev–Trinajstić information content (AvgIpc) is 3.06. The molecule has 0 aromatic carbocycles. The fourth-order valence-corrected chi connectivity index (χ4v) is 2.34. The molecule has 9 heteroatoms. The largest absolute Gasteiger partial charge is 0.474 e. The molecule has 0 atom stereocenters. The number of nitrogens with one attached hydrogen (secondary N) is 1. The zero-order chi connectivity index (χ0) is 20.3. The third-order valence-electron chi connectivity index (χ3n) is 3.69. The number of aromatic amines is 1. The fourth-order valence-electron chi connectivity index (χ4n) is 2.34. The van der Waals surface area contributed by atoms with E-state index in [-0.39, 0.29) is 12.2 Å². The van der Waals surface area contributed by atoms with Crippen molar-refractivity contribution in [1.29, 1.82) is 5.26 Å². The first-order valence-corrected chi connectivity index (χ1v) is 8.31. The summed E-state index contributed by atoms with van der Waals surface area (Å²) in [6, 6.07) is 5.10. The Morgan fingerprint density at radius 1 is 1.39 bits per heavy atom. The molecule has 3 N–H and O–H groups in total. The molecule has 0 radical (unpaired) electrons. The van der Waals surface area contributed by atoms with Gasteiger partial charge in [-0.3, -0.25) is 4.79 Å². The first-order chi connectivity index (χ1) is 13.3. The summed E-state index contributed by atoms with van der Waals surface area (Å²) in [5, 5.41) is 9.01. The number of carbonyl (C=O) groups is 1. The van der Waals surface area contributed by atoms with Crippen LogP contribution in [0.15, 0.2) is 36.3 Å². The summed E-state index contributed by atoms with van der Waals surface area (Å²) in [5.74, 6) is -0.522. The third-order valence-corrected chi connectivity index (χ3v) is 3.69. The van der Waals surface area contributed by atoms with Gasteiger partial charge in [0.25, 0.3) is 5.91 Å². The van der Waals surface area contributed by atoms with Crippen LogP contribution < -0.4 is 10.5 Å². The van der Waals surface area contributed by atoms with E-state index in [2.05, 4.69) is 19.9 Å². The average molecular weight is 380 g/mol. The first kappa shape index (κ1) is 19.0. The van der Waals surface area contributed by atoms with Crippen LogP contribution in [0.5, 0.6) is 5.88 Å². The molecular weight excluding hydrogens is 363 g/mol. The number of hydrogen-bond acceptors (Lipinski definition) is 6. The highest BCUT2D eigenvalue weighted by Crippen LogP contribution is 2.23. The van der Waals surface area contributed by atoms with Crippen LogP contribution in [0.25, 0.3) is 28.5 Å². The van der Waals surface area contributed by atoms with Gasteiger partial charge in [-0.15, -0.1) is 0 Å². The second-order valence-corrected chi connectivity index (χ2v) is 6.62. The van der Waals surface area contributed by atoms with Crippen LogP contribution in [-0.4, -0.2) is 38.1 Å². The predicted octanol–water partition coefficient (Wildman–Crippen LogP) is 2.54. The van der Waals surface area contributed by atoms with Crippen molar-refractivity contribution in [2.45, 2.75) is 19.5 Å². The zero-order valence-electron chi connectivity index (χ0n) is 15.2. The van der Waals surface area contributed by atoms with Crippen LogP contribution in [0, 0.1) is 11.3 Å². The Morgan fingerprint density at radius 2 is 2.18 bits per heavy atom. The van der Waals surface area contributed by atoms with Crippen LogP contribution in [0.4, 0.5) is 4.39 Å². The number of nitrogens with two attached hydrogens (primary N) is 1. The molecule has 0 saturated carbocycles. The van der Waals surface area contributed by atoms with Gasteiger partial charge in [0.05, 0.1) is 11.9 Å². The van der Waals surface area contributed by atoms with Crippen LogP contribution in [-0.2, 0) is 4.79 Å². The van der Waals surface area contributed by atoms with Gasteiger partial charge in [0.2, 0.25) is 5.88 Å². The maximum Gasteiger partial charge on any atom is 0.259 e. The SMILES string of the molecule is CC(C)(F)COc1ccc(-c2cnc3[nH]cc(/C=C(\C#N)C(N)=O)c3n2)cn1. The summed E-state index contributed by atoms with van der Waals surface area (Å²) in [5.41, 5.74) is 6.22. The molecule has 3 rings (SSSR count). The van der Waals surface area contributed by atoms with Crippen molar-refractivity contribution < 1.29 is 13.9 Å². The van der Waals surface area contributed by atoms with Gasteiger partial charge < -0.3 is 15.5 Å². The van der Waals surface area contributed by atoms with Gasteiger partial charge in [-0.05, 0) is 26.0 Å². The highest BCUT2D eigenvalue weighted by Gasteiger charge is 2.17. The molecule has 3 aromatic rings. The van der Waals surface area contributed by atoms with E-state index in [4.69, 9.17) is 15.7 Å². The Bertz CT molecular complexity index is 1090. The standard InChI is InChI=1S/C19H17FN6O2/c1-19(2,20)10-28-15-4-3-11(7-23-15)14-9-25-18-16(26-14)13(8-24-18)5-12(6-21)17(22)27/h3-5,7-9H,10H2,1-2H3,(H2,22,27)(H,24,25)/b12-5+. The monoisotopic (exact) mass is 380 g/mol. The summed E-state index contributed by atoms with van der Waals surface area (Å²) < 4.78 is 18.8. The molecule has 3 heterocycles. The molecule has 1 amide bonds. The highest BCUT2D eigenvalue weighted by atomic mass is 19.1. The number of nitrogens with zero attached hydrogens (tertiary/aromatic N) is 4. The van der Waals surface area contributed by atoms with E-state index in [0.29, 0.717) is 33.9 Å². The molecule has 3 aromatic heterocycles. The lowest BCUT2D eigenvalue weighted by Gasteiger charge is -2.14. The first-order valence-electron chi connectivity index (χ1n) is 8.31. The molecule has 0 aliphatic rings. The Morgan fingerprint density at radius 3 is 2.79 bits per heavy atom. The lowest BCUT2D eigenvalue weighted by atomic mass is 10.1. The smallest absolute Gasteiger partial charge is 0.259 e. The number of amides is 1. The number of hydrogen-bond donors (Lipinski definition) is 2. The maximum atomic E-state index is 13.5. The number of halogens is 1. The molecule has 0 unspecified atom stereocenters. The zero-order valence-corrected chi connectivity index (χ0v) is 15.2. The normalized spacial score (nSPS) is 12.0. The Labute approximate surface area is 159 Å². The molecule has 0 bridgehead atoms. The van der Waals surface area contributed by atoms with Gasteiger partial charge >= 0.3 is 0 Å². The van der Waals surface area contributed by atoms with Gasteiger partial charge in [-0.25, -0.2) is 19.3 Å². The lowest BCUT2D eigenvalue weighted by Crippen LogP contribution is -2.22. The van der Waals surface area contributed by atoms with Crippen LogP contribution in [0.3, 0.4) is 0 Å². The number of carbonyl (C=O) groups excluding carboxylic acids is 1. The molecule has 0 spiro atoms. The summed E-state index contributed by atoms with van der Waals surface area (Å²) in [6.07, 6.45) is 6.05. The fraction of sp³-hybridized carbons (Fsp3) is 0.211. The van der Waals surface area contributed by atoms with E-state index in [1.54, 1.807) is 36.8 Å². The van der Waals surface area contributed by atoms with Gasteiger partial charge in [0, 0.05) is 29.6 Å². The molecule has 0 saturated heterocycles. The van der Waals surface area contributed by atoms with Crippen LogP contribution in [0.1, 0.15) is 19.4 Å². The summed E-state index contributed by atoms with van der Waals surface area (Å²) in [6.45, 7) is 2.74. The van der Waals surface area contributed by atoms with Gasteiger partial charge in [-0.2, -0.15) is 5.26 Å². The van der Waals surface area contributed by atoms with E-state index in [0.717, 1.165) is 0 Å². The number of fused-ring (bicyclic) bond motifs is 1. The van der Waals surface area contributed by atoms with Crippen LogP contribution >= 0.6 is 0 Å². The second kappa shape index (κ2) is 7.44. The molecule has 0 fully saturated rings. The van der Waals surface area contributed by atoms with Crippen molar-refractivity contribution in [2.24, 2.45) is 5.73 Å². The van der Waals surface area contributed by atoms with Crippen LogP contribution in [0.2, 0.25) is 0 Å². The molecule has 28 heavy (non-hydrogen) atoms. The van der Waals surface area contributed by atoms with Crippen molar-refractivity contribution in [3.8, 4) is 23.2 Å². The predicted molar refractivity (Wildman–Crippen MR) is 101 cm³/mol. The number of aromatic nitrogens is 4. The van der Waals surface area contributed by atoms with E-state index in [9.17, 15) is 9.18 Å². The number of rotatable bonds is 6.